The van der Waals surface area contributed by atoms with Crippen LogP contribution in [0.1, 0.15) is 147 Å². The molecule has 1 aliphatic carbocycles. The quantitative estimate of drug-likeness (QED) is 0.0480. The van der Waals surface area contributed by atoms with Crippen LogP contribution in [0.25, 0.3) is 44.5 Å². The summed E-state index contributed by atoms with van der Waals surface area (Å²) >= 11 is 0. The Bertz CT molecular complexity index is 3970. The molecule has 8 nitrogen and oxygen atoms in total. The summed E-state index contributed by atoms with van der Waals surface area (Å²) in [5.41, 5.74) is 26.1. The van der Waals surface area contributed by atoms with Crippen LogP contribution in [0.3, 0.4) is 0 Å². The zero-order chi connectivity index (χ0) is 67.9. The molecule has 1 fully saturated rings. The van der Waals surface area contributed by atoms with Gasteiger partial charge in [0, 0.05) is 69.2 Å². The lowest BCUT2D eigenvalue weighted by Crippen LogP contribution is -2.52. The third-order valence-electron chi connectivity index (χ3n) is 20.4. The minimum Gasteiger partial charge on any atom is -0.392 e. The van der Waals surface area contributed by atoms with E-state index in [2.05, 4.69) is 286 Å². The maximum Gasteiger partial charge on any atom is 0.227 e. The fraction of sp³-hybridized carbons (Fsp3) is 0.295. The van der Waals surface area contributed by atoms with Crippen LogP contribution in [0, 0.1) is 67.2 Å². The fourth-order valence-corrected chi connectivity index (χ4v) is 14.7. The predicted molar refractivity (Wildman–Crippen MR) is 403 cm³/mol. The number of nitrogens with one attached hydrogen (secondary N) is 2. The van der Waals surface area contributed by atoms with Gasteiger partial charge in [-0.1, -0.05) is 187 Å². The summed E-state index contributed by atoms with van der Waals surface area (Å²) in [6.45, 7) is 25.6. The zero-order valence-electron chi connectivity index (χ0n) is 58.4. The maximum absolute atomic E-state index is 14.8. The van der Waals surface area contributed by atoms with Crippen molar-refractivity contribution in [1.29, 1.82) is 0 Å². The van der Waals surface area contributed by atoms with Crippen molar-refractivity contribution in [2.75, 3.05) is 20.4 Å². The van der Waals surface area contributed by atoms with E-state index >= 15 is 0 Å². The lowest BCUT2D eigenvalue weighted by Gasteiger charge is -2.48. The van der Waals surface area contributed by atoms with Gasteiger partial charge in [0.1, 0.15) is 0 Å². The van der Waals surface area contributed by atoms with Gasteiger partial charge in [-0.05, 0) is 254 Å². The lowest BCUT2D eigenvalue weighted by atomic mass is 9.62. The summed E-state index contributed by atoms with van der Waals surface area (Å²) < 4.78 is 0. The summed E-state index contributed by atoms with van der Waals surface area (Å²) in [7, 11) is 0. The fourth-order valence-electron chi connectivity index (χ4n) is 14.7. The van der Waals surface area contributed by atoms with Crippen molar-refractivity contribution >= 4 is 57.3 Å². The largest absolute Gasteiger partial charge is 0.392 e. The zero-order valence-corrected chi connectivity index (χ0v) is 58.4. The topological polar surface area (TPSA) is 105 Å². The molecule has 0 aromatic heterocycles. The molecular formula is C88H96N4O4. The summed E-state index contributed by atoms with van der Waals surface area (Å²) in [6, 6.07) is 72.6. The molecule has 0 spiro atoms. The van der Waals surface area contributed by atoms with Gasteiger partial charge < -0.3 is 30.6 Å². The molecular weight excluding hydrogens is 1180 g/mol. The number of aliphatic hydroxyl groups excluding tert-OH is 2. The van der Waals surface area contributed by atoms with E-state index < -0.39 is 24.0 Å². The van der Waals surface area contributed by atoms with Gasteiger partial charge in [-0.3, -0.25) is 9.59 Å². The maximum atomic E-state index is 14.8. The van der Waals surface area contributed by atoms with E-state index in [9.17, 15) is 19.8 Å². The normalized spacial score (nSPS) is 15.7. The molecule has 11 rings (SSSR count). The third kappa shape index (κ3) is 14.1. The highest BCUT2D eigenvalue weighted by molar-refractivity contribution is 5.97. The standard InChI is InChI=1S/C88H96N4O4/c1-13-17-31-63(15-3)87(95)89-77-53-69(91(79-45-37-65(49-59(79)9)71-33-23-19-27-55(71)5)80-46-38-66(50-60(80)10)72-34-24-20-28-56(72)6)41-43-75(77)83-85(93)84(86(83)94)76-44-42-70(54-78(76)90-88(96)64(16-4)32-18-14-2)92(81-47-39-67(51-61(81)11)73-35-25-21-29-57(73)7)82-48-40-68(52-62(82)12)74-36-26-22-30-58(74)8/h19-30,33-54,63-64,83-86,93-94H,13-18,31-32H2,1-12H3,(H,89,95)(H,90,96). The van der Waals surface area contributed by atoms with Crippen molar-refractivity contribution in [3.05, 3.63) is 262 Å². The Morgan fingerprint density at radius 1 is 0.365 bits per heavy atom. The van der Waals surface area contributed by atoms with E-state index in [1.165, 1.54) is 44.5 Å². The second-order valence-electron chi connectivity index (χ2n) is 27.0. The molecule has 2 atom stereocenters. The minimum atomic E-state index is -1.11. The number of hydrogen-bond acceptors (Lipinski definition) is 6. The number of amides is 2. The van der Waals surface area contributed by atoms with Crippen molar-refractivity contribution < 1.29 is 19.8 Å². The lowest BCUT2D eigenvalue weighted by molar-refractivity contribution is -0.121. The number of benzene rings is 10. The minimum absolute atomic E-state index is 0.0907. The van der Waals surface area contributed by atoms with Crippen LogP contribution in [0.4, 0.5) is 45.5 Å². The van der Waals surface area contributed by atoms with Crippen LogP contribution < -0.4 is 20.4 Å². The van der Waals surface area contributed by atoms with E-state index in [-0.39, 0.29) is 23.7 Å². The summed E-state index contributed by atoms with van der Waals surface area (Å²) in [6.07, 6.45) is 4.35. The van der Waals surface area contributed by atoms with Crippen molar-refractivity contribution in [3.63, 3.8) is 0 Å². The smallest absolute Gasteiger partial charge is 0.227 e. The molecule has 1 aliphatic rings. The molecule has 10 aromatic carbocycles. The van der Waals surface area contributed by atoms with E-state index in [1.54, 1.807) is 0 Å². The van der Waals surface area contributed by atoms with Crippen LogP contribution >= 0.6 is 0 Å². The SMILES string of the molecule is CCCCC(CC)C(=O)Nc1cc(N(c2ccc(-c3ccccc3C)cc2C)c2ccc(-c3ccccc3C)cc2C)ccc1C1C(O)C(c2ccc(N(c3ccc(-c4ccccc4C)cc3C)c3ccc(-c4ccccc4C)cc3C)cc2NC(=O)C(CC)CCCC)C1O. The van der Waals surface area contributed by atoms with E-state index in [0.29, 0.717) is 35.3 Å². The first-order valence-corrected chi connectivity index (χ1v) is 35.0. The van der Waals surface area contributed by atoms with Crippen LogP contribution in [0.15, 0.2) is 206 Å². The highest BCUT2D eigenvalue weighted by Gasteiger charge is 2.52. The van der Waals surface area contributed by atoms with Gasteiger partial charge in [-0.2, -0.15) is 0 Å². The highest BCUT2D eigenvalue weighted by atomic mass is 16.3. The third-order valence-corrected chi connectivity index (χ3v) is 20.4. The van der Waals surface area contributed by atoms with E-state index in [0.717, 1.165) is 117 Å². The van der Waals surface area contributed by atoms with Gasteiger partial charge in [0.25, 0.3) is 0 Å². The van der Waals surface area contributed by atoms with Gasteiger partial charge in [0.15, 0.2) is 0 Å². The molecule has 1 saturated carbocycles. The molecule has 0 bridgehead atoms. The second kappa shape index (κ2) is 30.2. The number of rotatable bonds is 24. The molecule has 96 heavy (non-hydrogen) atoms. The first-order chi connectivity index (χ1) is 46.4. The van der Waals surface area contributed by atoms with Gasteiger partial charge in [-0.25, -0.2) is 0 Å². The molecule has 2 amide bonds. The molecule has 10 aromatic rings. The Morgan fingerprint density at radius 3 is 0.896 bits per heavy atom. The Hall–Kier alpha value is -9.34. The predicted octanol–water partition coefficient (Wildman–Crippen LogP) is 22.7. The first-order valence-electron chi connectivity index (χ1n) is 35.0. The molecule has 0 aliphatic heterocycles. The Morgan fingerprint density at radius 2 is 0.646 bits per heavy atom. The Kier molecular flexibility index (Phi) is 21.4. The van der Waals surface area contributed by atoms with Crippen LogP contribution in [0.5, 0.6) is 0 Å². The first kappa shape index (κ1) is 68.1. The molecule has 8 heteroatoms. The number of hydrogen-bond donors (Lipinski definition) is 4. The van der Waals surface area contributed by atoms with Crippen molar-refractivity contribution in [3.8, 4) is 44.5 Å². The Balaban J connectivity index is 1.03. The highest BCUT2D eigenvalue weighted by Crippen LogP contribution is 2.54. The van der Waals surface area contributed by atoms with Gasteiger partial charge in [0.2, 0.25) is 11.8 Å². The van der Waals surface area contributed by atoms with Crippen molar-refractivity contribution in [2.45, 2.75) is 158 Å². The second-order valence-corrected chi connectivity index (χ2v) is 27.0. The number of aryl methyl sites for hydroxylation is 8. The monoisotopic (exact) mass is 1270 g/mol. The molecule has 0 radical (unpaired) electrons. The van der Waals surface area contributed by atoms with Gasteiger partial charge in [-0.15, -0.1) is 0 Å². The average Bonchev–Trinajstić information content (AvgIpc) is 0.732. The molecule has 0 heterocycles. The van der Waals surface area contributed by atoms with Crippen LogP contribution in [0.2, 0.25) is 0 Å². The molecule has 4 N–H and O–H groups in total. The van der Waals surface area contributed by atoms with Crippen molar-refractivity contribution in [1.82, 2.24) is 0 Å². The Labute approximate surface area is 571 Å². The van der Waals surface area contributed by atoms with E-state index in [4.69, 9.17) is 0 Å². The summed E-state index contributed by atoms with van der Waals surface area (Å²) in [4.78, 5) is 34.2. The molecule has 0 saturated heterocycles. The summed E-state index contributed by atoms with van der Waals surface area (Å²) in [5.74, 6) is -2.27. The number of carbonyl (C=O) groups excluding carboxylic acids is 2. The number of aliphatic hydroxyl groups is 2. The number of unbranched alkanes of at least 4 members (excludes halogenated alkanes) is 2. The number of nitrogens with zero attached hydrogens (tertiary/aromatic N) is 2. The van der Waals surface area contributed by atoms with Crippen molar-refractivity contribution in [2.24, 2.45) is 11.8 Å². The molecule has 492 valence electrons. The van der Waals surface area contributed by atoms with Gasteiger partial charge in [0.05, 0.1) is 12.2 Å². The average molecular weight is 1270 g/mol. The van der Waals surface area contributed by atoms with Gasteiger partial charge >= 0.3 is 0 Å². The number of carbonyl (C=O) groups is 2. The van der Waals surface area contributed by atoms with Crippen LogP contribution in [-0.4, -0.2) is 34.2 Å². The van der Waals surface area contributed by atoms with E-state index in [1.807, 2.05) is 24.3 Å². The number of anilines is 8. The molecule has 2 unspecified atom stereocenters. The summed E-state index contributed by atoms with van der Waals surface area (Å²) in [5, 5.41) is 33.0. The van der Waals surface area contributed by atoms with Crippen LogP contribution in [-0.2, 0) is 9.59 Å².